The highest BCUT2D eigenvalue weighted by Crippen LogP contribution is 2.26. The molecule has 2 aromatic heterocycles. The van der Waals surface area contributed by atoms with Gasteiger partial charge in [0.2, 0.25) is 0 Å². The Morgan fingerprint density at radius 2 is 2.00 bits per heavy atom. The maximum atomic E-state index is 12.0. The molecule has 0 bridgehead atoms. The fraction of sp³-hybridized carbons (Fsp3) is 0.111. The Balaban J connectivity index is 2.33. The van der Waals surface area contributed by atoms with E-state index in [1.165, 1.54) is 17.2 Å². The minimum Gasteiger partial charge on any atom is -0.396 e. The lowest BCUT2D eigenvalue weighted by Gasteiger charge is -2.08. The van der Waals surface area contributed by atoms with E-state index in [9.17, 15) is 4.79 Å². The molecule has 0 atom stereocenters. The lowest BCUT2D eigenvalue weighted by Crippen LogP contribution is -2.18. The zero-order chi connectivity index (χ0) is 13.3. The van der Waals surface area contributed by atoms with Gasteiger partial charge in [0.15, 0.2) is 10.3 Å². The summed E-state index contributed by atoms with van der Waals surface area (Å²) in [6, 6.07) is 0. The number of rotatable bonds is 2. The number of aromatic nitrogens is 4. The maximum absolute atomic E-state index is 12.0. The second-order valence-corrected chi connectivity index (χ2v) is 4.07. The summed E-state index contributed by atoms with van der Waals surface area (Å²) in [6.45, 7) is 0. The lowest BCUT2D eigenvalue weighted by molar-refractivity contribution is 0.101. The molecular weight excluding hydrogens is 279 g/mol. The number of carbonyl (C=O) groups is 1. The van der Waals surface area contributed by atoms with Gasteiger partial charge in [-0.25, -0.2) is 9.97 Å². The summed E-state index contributed by atoms with van der Waals surface area (Å²) < 4.78 is 1.34. The van der Waals surface area contributed by atoms with Gasteiger partial charge in [0.1, 0.15) is 17.7 Å². The molecule has 0 unspecified atom stereocenters. The number of amides is 1. The van der Waals surface area contributed by atoms with E-state index < -0.39 is 5.91 Å². The van der Waals surface area contributed by atoms with Crippen molar-refractivity contribution in [2.45, 2.75) is 0 Å². The van der Waals surface area contributed by atoms with Crippen molar-refractivity contribution in [3.63, 3.8) is 0 Å². The van der Waals surface area contributed by atoms with Gasteiger partial charge in [0.05, 0.1) is 11.9 Å². The molecule has 0 radical (unpaired) electrons. The minimum absolute atomic E-state index is 0.0455. The highest BCUT2D eigenvalue weighted by Gasteiger charge is 2.18. The predicted molar refractivity (Wildman–Crippen MR) is 67.6 cm³/mol. The van der Waals surface area contributed by atoms with Crippen LogP contribution in [0.25, 0.3) is 0 Å². The summed E-state index contributed by atoms with van der Waals surface area (Å²) >= 11 is 11.6. The molecule has 0 saturated carbocycles. The summed E-state index contributed by atoms with van der Waals surface area (Å²) in [5.74, 6) is -0.494. The Labute approximate surface area is 112 Å². The lowest BCUT2D eigenvalue weighted by atomic mass is 10.3. The molecule has 7 nitrogen and oxygen atoms in total. The summed E-state index contributed by atoms with van der Waals surface area (Å²) in [6.07, 6.45) is 2.57. The first-order chi connectivity index (χ1) is 8.50. The summed E-state index contributed by atoms with van der Waals surface area (Å²) in [4.78, 5) is 19.4. The monoisotopic (exact) mass is 286 g/mol. The second-order valence-electron chi connectivity index (χ2n) is 3.36. The van der Waals surface area contributed by atoms with Crippen LogP contribution >= 0.6 is 23.2 Å². The standard InChI is InChI=1S/C9H8Cl2N6O/c1-17-6(4(12)2-15-17)9(18)16-5-7(10)13-3-14-8(5)11/h2-3H,12H2,1H3,(H,16,18). The zero-order valence-corrected chi connectivity index (χ0v) is 10.7. The molecule has 0 saturated heterocycles. The van der Waals surface area contributed by atoms with Crippen molar-refractivity contribution in [2.24, 2.45) is 7.05 Å². The molecule has 1 amide bonds. The molecular formula is C9H8Cl2N6O. The molecule has 2 rings (SSSR count). The fourth-order valence-corrected chi connectivity index (χ4v) is 1.76. The van der Waals surface area contributed by atoms with Gasteiger partial charge in [-0.3, -0.25) is 9.48 Å². The summed E-state index contributed by atoms with van der Waals surface area (Å²) in [5, 5.41) is 6.44. The molecule has 2 aromatic rings. The molecule has 18 heavy (non-hydrogen) atoms. The molecule has 3 N–H and O–H groups in total. The van der Waals surface area contributed by atoms with Gasteiger partial charge < -0.3 is 11.1 Å². The molecule has 0 aliphatic carbocycles. The van der Waals surface area contributed by atoms with Crippen molar-refractivity contribution in [3.8, 4) is 0 Å². The average Bonchev–Trinajstić information content (AvgIpc) is 2.64. The van der Waals surface area contributed by atoms with Crippen molar-refractivity contribution in [3.05, 3.63) is 28.5 Å². The van der Waals surface area contributed by atoms with Crippen LogP contribution in [-0.4, -0.2) is 25.7 Å². The third kappa shape index (κ3) is 2.22. The molecule has 2 heterocycles. The second kappa shape index (κ2) is 4.79. The quantitative estimate of drug-likeness (QED) is 0.812. The Kier molecular flexibility index (Phi) is 3.35. The first-order valence-electron chi connectivity index (χ1n) is 4.75. The van der Waals surface area contributed by atoms with E-state index in [1.807, 2.05) is 0 Å². The highest BCUT2D eigenvalue weighted by molar-refractivity contribution is 6.38. The van der Waals surface area contributed by atoms with Crippen molar-refractivity contribution < 1.29 is 4.79 Å². The zero-order valence-electron chi connectivity index (χ0n) is 9.19. The molecule has 9 heteroatoms. The summed E-state index contributed by atoms with van der Waals surface area (Å²) in [7, 11) is 1.59. The van der Waals surface area contributed by atoms with Crippen molar-refractivity contribution in [1.29, 1.82) is 0 Å². The third-order valence-corrected chi connectivity index (χ3v) is 2.75. The summed E-state index contributed by atoms with van der Waals surface area (Å²) in [5.41, 5.74) is 6.21. The maximum Gasteiger partial charge on any atom is 0.276 e. The van der Waals surface area contributed by atoms with Crippen LogP contribution in [0.5, 0.6) is 0 Å². The Morgan fingerprint density at radius 1 is 1.39 bits per heavy atom. The Hall–Kier alpha value is -1.86. The highest BCUT2D eigenvalue weighted by atomic mass is 35.5. The van der Waals surface area contributed by atoms with E-state index in [2.05, 4.69) is 20.4 Å². The van der Waals surface area contributed by atoms with Gasteiger partial charge in [0, 0.05) is 7.05 Å². The van der Waals surface area contributed by atoms with Crippen LogP contribution in [-0.2, 0) is 7.05 Å². The third-order valence-electron chi connectivity index (χ3n) is 2.18. The normalized spacial score (nSPS) is 10.4. The number of hydrogen-bond donors (Lipinski definition) is 2. The number of halogens is 2. The van der Waals surface area contributed by atoms with Gasteiger partial charge in [-0.15, -0.1) is 0 Å². The first kappa shape index (κ1) is 12.6. The number of nitrogen functional groups attached to an aromatic ring is 1. The van der Waals surface area contributed by atoms with E-state index in [0.717, 1.165) is 0 Å². The fourth-order valence-electron chi connectivity index (χ4n) is 1.35. The van der Waals surface area contributed by atoms with Crippen LogP contribution in [0.4, 0.5) is 11.4 Å². The van der Waals surface area contributed by atoms with Crippen LogP contribution in [0, 0.1) is 0 Å². The van der Waals surface area contributed by atoms with Crippen LogP contribution in [0.2, 0.25) is 10.3 Å². The van der Waals surface area contributed by atoms with Crippen LogP contribution in [0.3, 0.4) is 0 Å². The number of anilines is 2. The van der Waals surface area contributed by atoms with Gasteiger partial charge >= 0.3 is 0 Å². The van der Waals surface area contributed by atoms with E-state index in [1.54, 1.807) is 7.05 Å². The van der Waals surface area contributed by atoms with E-state index >= 15 is 0 Å². The SMILES string of the molecule is Cn1ncc(N)c1C(=O)Nc1c(Cl)ncnc1Cl. The van der Waals surface area contributed by atoms with Crippen LogP contribution in [0.1, 0.15) is 10.5 Å². The van der Waals surface area contributed by atoms with Gasteiger partial charge in [-0.2, -0.15) is 5.10 Å². The van der Waals surface area contributed by atoms with Gasteiger partial charge in [0.25, 0.3) is 5.91 Å². The van der Waals surface area contributed by atoms with Gasteiger partial charge in [-0.1, -0.05) is 23.2 Å². The number of nitrogens with two attached hydrogens (primary N) is 1. The van der Waals surface area contributed by atoms with E-state index in [-0.39, 0.29) is 27.4 Å². The van der Waals surface area contributed by atoms with E-state index in [0.29, 0.717) is 0 Å². The average molecular weight is 287 g/mol. The van der Waals surface area contributed by atoms with Crippen molar-refractivity contribution in [1.82, 2.24) is 19.7 Å². The van der Waals surface area contributed by atoms with Crippen molar-refractivity contribution >= 4 is 40.5 Å². The predicted octanol–water partition coefficient (Wildman–Crippen LogP) is 1.35. The van der Waals surface area contributed by atoms with Crippen LogP contribution in [0.15, 0.2) is 12.5 Å². The topological polar surface area (TPSA) is 98.7 Å². The molecule has 0 aliphatic rings. The molecule has 94 valence electrons. The first-order valence-corrected chi connectivity index (χ1v) is 5.51. The van der Waals surface area contributed by atoms with E-state index in [4.69, 9.17) is 28.9 Å². The number of hydrogen-bond acceptors (Lipinski definition) is 5. The Bertz CT molecular complexity index is 571. The molecule has 0 fully saturated rings. The molecule has 0 spiro atoms. The number of nitrogens with one attached hydrogen (secondary N) is 1. The smallest absolute Gasteiger partial charge is 0.276 e. The Morgan fingerprint density at radius 3 is 2.50 bits per heavy atom. The molecule has 0 aromatic carbocycles. The van der Waals surface area contributed by atoms with Crippen LogP contribution < -0.4 is 11.1 Å². The largest absolute Gasteiger partial charge is 0.396 e. The van der Waals surface area contributed by atoms with Gasteiger partial charge in [-0.05, 0) is 0 Å². The number of carbonyl (C=O) groups excluding carboxylic acids is 1. The number of aryl methyl sites for hydroxylation is 1. The minimum atomic E-state index is -0.494. The van der Waals surface area contributed by atoms with Crippen molar-refractivity contribution in [2.75, 3.05) is 11.1 Å². The molecule has 0 aliphatic heterocycles. The number of nitrogens with zero attached hydrogens (tertiary/aromatic N) is 4.